The van der Waals surface area contributed by atoms with Gasteiger partial charge in [-0.2, -0.15) is 8.42 Å². The molecular formula is C9H6O4S. The van der Waals surface area contributed by atoms with Crippen LogP contribution < -0.4 is 0 Å². The molecule has 0 saturated heterocycles. The molecule has 0 spiro atoms. The predicted octanol–water partition coefficient (Wildman–Crippen LogP) is 1.19. The summed E-state index contributed by atoms with van der Waals surface area (Å²) in [6.07, 6.45) is 1.37. The van der Waals surface area contributed by atoms with Gasteiger partial charge in [-0.3, -0.25) is 0 Å². The Morgan fingerprint density at radius 2 is 2.07 bits per heavy atom. The molecule has 0 radical (unpaired) electrons. The van der Waals surface area contributed by atoms with Crippen molar-refractivity contribution in [3.63, 3.8) is 0 Å². The van der Waals surface area contributed by atoms with Crippen LogP contribution in [0.25, 0.3) is 6.08 Å². The maximum absolute atomic E-state index is 11.4. The molecule has 0 amide bonds. The first kappa shape index (κ1) is 8.96. The van der Waals surface area contributed by atoms with Crippen molar-refractivity contribution in [3.8, 4) is 0 Å². The summed E-state index contributed by atoms with van der Waals surface area (Å²) in [7, 11) is -3.92. The molecule has 1 aromatic rings. The lowest BCUT2D eigenvalue weighted by molar-refractivity contribution is 0.0762. The highest BCUT2D eigenvalue weighted by atomic mass is 32.2. The fourth-order valence-electron chi connectivity index (χ4n) is 1.34. The van der Waals surface area contributed by atoms with Crippen molar-refractivity contribution in [3.05, 3.63) is 35.9 Å². The van der Waals surface area contributed by atoms with Crippen LogP contribution in [0.2, 0.25) is 0 Å². The zero-order valence-electron chi connectivity index (χ0n) is 7.06. The molecule has 0 fully saturated rings. The Labute approximate surface area is 80.9 Å². The van der Waals surface area contributed by atoms with Crippen molar-refractivity contribution in [1.29, 1.82) is 0 Å². The largest absolute Gasteiger partial charge is 0.355 e. The van der Waals surface area contributed by atoms with E-state index in [9.17, 15) is 13.2 Å². The molecule has 0 unspecified atom stereocenters. The average Bonchev–Trinajstić information content (AvgIpc) is 2.38. The molecule has 5 heteroatoms. The Morgan fingerprint density at radius 3 is 2.71 bits per heavy atom. The SMILES string of the molecule is C=Cc1cccc2c1S(=O)(=O)OC2=O. The highest BCUT2D eigenvalue weighted by molar-refractivity contribution is 7.87. The summed E-state index contributed by atoms with van der Waals surface area (Å²) < 4.78 is 27.0. The van der Waals surface area contributed by atoms with Crippen molar-refractivity contribution in [1.82, 2.24) is 0 Å². The van der Waals surface area contributed by atoms with Crippen LogP contribution in [-0.2, 0) is 14.3 Å². The monoisotopic (exact) mass is 210 g/mol. The Bertz CT molecular complexity index is 528. The van der Waals surface area contributed by atoms with E-state index >= 15 is 0 Å². The number of hydrogen-bond donors (Lipinski definition) is 0. The molecule has 1 heterocycles. The minimum absolute atomic E-state index is 0.0717. The molecule has 0 aliphatic carbocycles. The lowest BCUT2D eigenvalue weighted by Gasteiger charge is -1.97. The van der Waals surface area contributed by atoms with E-state index in [1.54, 1.807) is 12.1 Å². The maximum atomic E-state index is 11.4. The summed E-state index contributed by atoms with van der Waals surface area (Å²) in [6.45, 7) is 3.47. The van der Waals surface area contributed by atoms with Crippen LogP contribution in [0.4, 0.5) is 0 Å². The molecule has 0 bridgehead atoms. The van der Waals surface area contributed by atoms with E-state index in [2.05, 4.69) is 10.8 Å². The van der Waals surface area contributed by atoms with Gasteiger partial charge in [-0.25, -0.2) is 4.79 Å². The van der Waals surface area contributed by atoms with E-state index in [-0.39, 0.29) is 10.5 Å². The maximum Gasteiger partial charge on any atom is 0.355 e. The quantitative estimate of drug-likeness (QED) is 0.653. The Balaban J connectivity index is 2.89. The smallest absolute Gasteiger partial charge is 0.338 e. The summed E-state index contributed by atoms with van der Waals surface area (Å²) in [4.78, 5) is 11.0. The second kappa shape index (κ2) is 2.68. The Hall–Kier alpha value is -1.62. The van der Waals surface area contributed by atoms with E-state index in [0.29, 0.717) is 5.56 Å². The zero-order valence-corrected chi connectivity index (χ0v) is 7.87. The lowest BCUT2D eigenvalue weighted by Crippen LogP contribution is -2.00. The third-order valence-corrected chi connectivity index (χ3v) is 3.25. The first-order valence-corrected chi connectivity index (χ1v) is 5.21. The van der Waals surface area contributed by atoms with Crippen molar-refractivity contribution in [2.75, 3.05) is 0 Å². The number of carbonyl (C=O) groups is 1. The molecule has 0 N–H and O–H groups in total. The van der Waals surface area contributed by atoms with Gasteiger partial charge >= 0.3 is 16.1 Å². The number of carbonyl (C=O) groups excluding carboxylic acids is 1. The highest BCUT2D eigenvalue weighted by Crippen LogP contribution is 2.30. The van der Waals surface area contributed by atoms with Gasteiger partial charge < -0.3 is 4.18 Å². The second-order valence-corrected chi connectivity index (χ2v) is 4.24. The van der Waals surface area contributed by atoms with Crippen molar-refractivity contribution in [2.24, 2.45) is 0 Å². The first-order valence-electron chi connectivity index (χ1n) is 3.80. The fourth-order valence-corrected chi connectivity index (χ4v) is 2.57. The van der Waals surface area contributed by atoms with Crippen LogP contribution in [0.3, 0.4) is 0 Å². The van der Waals surface area contributed by atoms with Crippen molar-refractivity contribution in [2.45, 2.75) is 4.90 Å². The number of hydrogen-bond acceptors (Lipinski definition) is 4. The van der Waals surface area contributed by atoms with Gasteiger partial charge in [-0.05, 0) is 11.6 Å². The second-order valence-electron chi connectivity index (χ2n) is 2.75. The molecule has 72 valence electrons. The normalized spacial score (nSPS) is 17.3. The Morgan fingerprint density at radius 1 is 1.36 bits per heavy atom. The number of fused-ring (bicyclic) bond motifs is 1. The summed E-state index contributed by atoms with van der Waals surface area (Å²) in [5.74, 6) is -0.830. The van der Waals surface area contributed by atoms with Crippen LogP contribution in [0.1, 0.15) is 15.9 Å². The fraction of sp³-hybridized carbons (Fsp3) is 0. The van der Waals surface area contributed by atoms with Crippen LogP contribution in [0.5, 0.6) is 0 Å². The number of rotatable bonds is 1. The molecule has 1 aromatic carbocycles. The molecule has 1 aliphatic heterocycles. The summed E-state index contributed by atoms with van der Waals surface area (Å²) >= 11 is 0. The predicted molar refractivity (Wildman–Crippen MR) is 49.1 cm³/mol. The van der Waals surface area contributed by atoms with Gasteiger partial charge in [-0.15, -0.1) is 0 Å². The zero-order chi connectivity index (χ0) is 10.3. The molecule has 2 rings (SSSR count). The average molecular weight is 210 g/mol. The van der Waals surface area contributed by atoms with Gasteiger partial charge in [0.15, 0.2) is 0 Å². The van der Waals surface area contributed by atoms with Gasteiger partial charge in [0.25, 0.3) is 0 Å². The van der Waals surface area contributed by atoms with E-state index in [4.69, 9.17) is 0 Å². The van der Waals surface area contributed by atoms with E-state index in [1.165, 1.54) is 12.1 Å². The molecule has 0 saturated carbocycles. The first-order chi connectivity index (χ1) is 6.56. The molecule has 14 heavy (non-hydrogen) atoms. The van der Waals surface area contributed by atoms with Gasteiger partial charge in [0, 0.05) is 0 Å². The van der Waals surface area contributed by atoms with Crippen LogP contribution >= 0.6 is 0 Å². The standard InChI is InChI=1S/C9H6O4S/c1-2-6-4-3-5-7-8(6)14(11,12)13-9(7)10/h2-5H,1H2. The third-order valence-electron chi connectivity index (χ3n) is 1.92. The van der Waals surface area contributed by atoms with Crippen molar-refractivity contribution < 1.29 is 17.4 Å². The van der Waals surface area contributed by atoms with Gasteiger partial charge in [-0.1, -0.05) is 24.8 Å². The van der Waals surface area contributed by atoms with Crippen LogP contribution in [0.15, 0.2) is 29.7 Å². The minimum Gasteiger partial charge on any atom is -0.338 e. The van der Waals surface area contributed by atoms with Gasteiger partial charge in [0.2, 0.25) is 0 Å². The molecule has 0 aromatic heterocycles. The van der Waals surface area contributed by atoms with E-state index in [0.717, 1.165) is 0 Å². The molecular weight excluding hydrogens is 204 g/mol. The number of benzene rings is 1. The highest BCUT2D eigenvalue weighted by Gasteiger charge is 2.36. The minimum atomic E-state index is -3.92. The molecule has 0 atom stereocenters. The third kappa shape index (κ3) is 1.06. The van der Waals surface area contributed by atoms with Crippen LogP contribution in [0, 0.1) is 0 Å². The Kier molecular flexibility index (Phi) is 1.72. The van der Waals surface area contributed by atoms with Crippen molar-refractivity contribution >= 4 is 22.2 Å². The lowest BCUT2D eigenvalue weighted by atomic mass is 10.1. The van der Waals surface area contributed by atoms with Crippen LogP contribution in [-0.4, -0.2) is 14.4 Å². The summed E-state index contributed by atoms with van der Waals surface area (Å²) in [5, 5.41) is 0. The molecule has 4 nitrogen and oxygen atoms in total. The van der Waals surface area contributed by atoms with Gasteiger partial charge in [0.05, 0.1) is 5.56 Å². The van der Waals surface area contributed by atoms with Gasteiger partial charge in [0.1, 0.15) is 4.90 Å². The summed E-state index contributed by atoms with van der Waals surface area (Å²) in [5.41, 5.74) is 0.454. The van der Waals surface area contributed by atoms with E-state index < -0.39 is 16.1 Å². The topological polar surface area (TPSA) is 60.4 Å². The summed E-state index contributed by atoms with van der Waals surface area (Å²) in [6, 6.07) is 4.55. The van der Waals surface area contributed by atoms with E-state index in [1.807, 2.05) is 0 Å². The molecule has 1 aliphatic rings.